The number of likely N-dealkylation sites (N-methyl/N-ethyl adjacent to an activating group) is 1. The van der Waals surface area contributed by atoms with E-state index in [9.17, 15) is 0 Å². The smallest absolute Gasteiger partial charge is 0.0305 e. The van der Waals surface area contributed by atoms with Crippen molar-refractivity contribution in [2.45, 2.75) is 78.3 Å². The fraction of sp³-hybridized carbons (Fsp3) is 1.00. The van der Waals surface area contributed by atoms with Crippen LogP contribution in [-0.2, 0) is 0 Å². The minimum atomic E-state index is 0.745. The van der Waals surface area contributed by atoms with Gasteiger partial charge in [-0.2, -0.15) is 0 Å². The van der Waals surface area contributed by atoms with Crippen LogP contribution in [0.3, 0.4) is 0 Å². The normalized spacial score (nSPS) is 46.3. The molecule has 5 unspecified atom stereocenters. The van der Waals surface area contributed by atoms with E-state index in [0.717, 1.165) is 41.2 Å². The quantitative estimate of drug-likeness (QED) is 0.634. The molecule has 5 atom stereocenters. The van der Waals surface area contributed by atoms with Gasteiger partial charge < -0.3 is 0 Å². The van der Waals surface area contributed by atoms with Crippen molar-refractivity contribution in [1.82, 2.24) is 4.90 Å². The van der Waals surface area contributed by atoms with Gasteiger partial charge in [0.05, 0.1) is 0 Å². The van der Waals surface area contributed by atoms with E-state index in [0.29, 0.717) is 0 Å². The van der Waals surface area contributed by atoms with E-state index in [-0.39, 0.29) is 0 Å². The molecule has 0 spiro atoms. The largest absolute Gasteiger partial charge is 0.297 e. The summed E-state index contributed by atoms with van der Waals surface area (Å²) in [6.07, 6.45) is 8.99. The second-order valence-corrected chi connectivity index (χ2v) is 8.43. The SMILES string of the molecule is CC1CC(C(C)C(C)CCC2(C3C(C)N3C)CC2)C1. The first-order valence-electron chi connectivity index (χ1n) is 8.66. The number of nitrogens with zero attached hydrogens (tertiary/aromatic N) is 1. The summed E-state index contributed by atoms with van der Waals surface area (Å²) in [7, 11) is 2.32. The van der Waals surface area contributed by atoms with Crippen LogP contribution in [0, 0.1) is 29.1 Å². The van der Waals surface area contributed by atoms with Gasteiger partial charge in [0.1, 0.15) is 0 Å². The van der Waals surface area contributed by atoms with Crippen LogP contribution in [0.1, 0.15) is 66.2 Å². The predicted molar refractivity (Wildman–Crippen MR) is 82.1 cm³/mol. The highest BCUT2D eigenvalue weighted by atomic mass is 15.3. The van der Waals surface area contributed by atoms with Gasteiger partial charge >= 0.3 is 0 Å². The second kappa shape index (κ2) is 4.76. The summed E-state index contributed by atoms with van der Waals surface area (Å²) in [6.45, 7) is 9.86. The van der Waals surface area contributed by atoms with Crippen LogP contribution in [0.5, 0.6) is 0 Å². The molecular formula is C18H33N. The zero-order valence-electron chi connectivity index (χ0n) is 13.7. The molecule has 3 aliphatic rings. The molecular weight excluding hydrogens is 230 g/mol. The van der Waals surface area contributed by atoms with Crippen LogP contribution in [0.4, 0.5) is 0 Å². The van der Waals surface area contributed by atoms with Crippen molar-refractivity contribution >= 4 is 0 Å². The van der Waals surface area contributed by atoms with Gasteiger partial charge in [-0.05, 0) is 81.6 Å². The van der Waals surface area contributed by atoms with E-state index in [2.05, 4.69) is 39.6 Å². The van der Waals surface area contributed by atoms with Crippen molar-refractivity contribution in [3.63, 3.8) is 0 Å². The van der Waals surface area contributed by atoms with Gasteiger partial charge in [0.15, 0.2) is 0 Å². The van der Waals surface area contributed by atoms with Crippen molar-refractivity contribution in [1.29, 1.82) is 0 Å². The Hall–Kier alpha value is -0.0400. The Morgan fingerprint density at radius 2 is 1.74 bits per heavy atom. The van der Waals surface area contributed by atoms with Crippen LogP contribution in [0.25, 0.3) is 0 Å². The average molecular weight is 263 g/mol. The summed E-state index contributed by atoms with van der Waals surface area (Å²) in [4.78, 5) is 2.59. The van der Waals surface area contributed by atoms with Crippen LogP contribution in [-0.4, -0.2) is 24.0 Å². The number of hydrogen-bond acceptors (Lipinski definition) is 1. The average Bonchev–Trinajstić information content (AvgIpc) is 3.22. The fourth-order valence-corrected chi connectivity index (χ4v) is 4.93. The molecule has 0 amide bonds. The minimum Gasteiger partial charge on any atom is -0.297 e. The third-order valence-electron chi connectivity index (χ3n) is 7.12. The maximum Gasteiger partial charge on any atom is 0.0305 e. The lowest BCUT2D eigenvalue weighted by atomic mass is 9.66. The van der Waals surface area contributed by atoms with E-state index >= 15 is 0 Å². The maximum absolute atomic E-state index is 2.59. The molecule has 0 N–H and O–H groups in total. The molecule has 1 saturated heterocycles. The van der Waals surface area contributed by atoms with Gasteiger partial charge in [0.2, 0.25) is 0 Å². The lowest BCUT2D eigenvalue weighted by Crippen LogP contribution is -2.30. The van der Waals surface area contributed by atoms with E-state index in [1.54, 1.807) is 0 Å². The van der Waals surface area contributed by atoms with Crippen molar-refractivity contribution in [3.8, 4) is 0 Å². The van der Waals surface area contributed by atoms with Crippen molar-refractivity contribution in [2.75, 3.05) is 7.05 Å². The summed E-state index contributed by atoms with van der Waals surface area (Å²) in [5.74, 6) is 3.95. The van der Waals surface area contributed by atoms with Gasteiger partial charge in [-0.15, -0.1) is 0 Å². The first kappa shape index (κ1) is 13.9. The van der Waals surface area contributed by atoms with Gasteiger partial charge in [-0.3, -0.25) is 4.90 Å². The Morgan fingerprint density at radius 1 is 1.16 bits per heavy atom. The standard InChI is InChI=1S/C18H33N/c1-12-10-16(11-12)14(3)13(2)6-7-18(8-9-18)17-15(4)19(17)5/h12-17H,6-11H2,1-5H3. The molecule has 0 radical (unpaired) electrons. The summed E-state index contributed by atoms with van der Waals surface area (Å²) >= 11 is 0. The lowest BCUT2D eigenvalue weighted by Gasteiger charge is -2.40. The number of rotatable bonds is 6. The topological polar surface area (TPSA) is 3.01 Å². The van der Waals surface area contributed by atoms with Crippen LogP contribution in [0.15, 0.2) is 0 Å². The summed E-state index contributed by atoms with van der Waals surface area (Å²) < 4.78 is 0. The fourth-order valence-electron chi connectivity index (χ4n) is 4.93. The van der Waals surface area contributed by atoms with E-state index in [1.165, 1.54) is 38.5 Å². The Balaban J connectivity index is 1.45. The lowest BCUT2D eigenvalue weighted by molar-refractivity contribution is 0.104. The molecule has 0 aromatic heterocycles. The van der Waals surface area contributed by atoms with Gasteiger partial charge in [-0.25, -0.2) is 0 Å². The van der Waals surface area contributed by atoms with E-state index in [4.69, 9.17) is 0 Å². The van der Waals surface area contributed by atoms with Gasteiger partial charge in [0, 0.05) is 12.1 Å². The van der Waals surface area contributed by atoms with E-state index in [1.807, 2.05) is 0 Å². The summed E-state index contributed by atoms with van der Waals surface area (Å²) in [5, 5.41) is 0. The molecule has 1 heterocycles. The molecule has 0 aromatic rings. The molecule has 2 aliphatic carbocycles. The molecule has 1 heteroatoms. The minimum absolute atomic E-state index is 0.745. The monoisotopic (exact) mass is 263 g/mol. The van der Waals surface area contributed by atoms with Crippen molar-refractivity contribution in [3.05, 3.63) is 0 Å². The highest BCUT2D eigenvalue weighted by Gasteiger charge is 2.60. The molecule has 0 bridgehead atoms. The molecule has 3 fully saturated rings. The predicted octanol–water partition coefficient (Wildman–Crippen LogP) is 4.57. The Bertz CT molecular complexity index is 319. The first-order chi connectivity index (χ1) is 8.94. The third kappa shape index (κ3) is 2.48. The first-order valence-corrected chi connectivity index (χ1v) is 8.66. The summed E-state index contributed by atoms with van der Waals surface area (Å²) in [5.41, 5.74) is 0.745. The molecule has 19 heavy (non-hydrogen) atoms. The molecule has 1 aliphatic heterocycles. The molecule has 2 saturated carbocycles. The molecule has 110 valence electrons. The van der Waals surface area contributed by atoms with E-state index < -0.39 is 0 Å². The van der Waals surface area contributed by atoms with Crippen molar-refractivity contribution < 1.29 is 0 Å². The maximum atomic E-state index is 2.59. The van der Waals surface area contributed by atoms with Gasteiger partial charge in [0.25, 0.3) is 0 Å². The highest BCUT2D eigenvalue weighted by Crippen LogP contribution is 2.60. The Kier molecular flexibility index (Phi) is 3.48. The summed E-state index contributed by atoms with van der Waals surface area (Å²) in [6, 6.07) is 1.79. The molecule has 0 aromatic carbocycles. The zero-order valence-corrected chi connectivity index (χ0v) is 13.7. The van der Waals surface area contributed by atoms with Crippen LogP contribution >= 0.6 is 0 Å². The second-order valence-electron chi connectivity index (χ2n) is 8.43. The number of hydrogen-bond donors (Lipinski definition) is 0. The Morgan fingerprint density at radius 3 is 2.16 bits per heavy atom. The Labute approximate surface area is 120 Å². The van der Waals surface area contributed by atoms with Gasteiger partial charge in [-0.1, -0.05) is 20.8 Å². The zero-order chi connectivity index (χ0) is 13.8. The van der Waals surface area contributed by atoms with Crippen LogP contribution in [0.2, 0.25) is 0 Å². The third-order valence-corrected chi connectivity index (χ3v) is 7.12. The van der Waals surface area contributed by atoms with Crippen LogP contribution < -0.4 is 0 Å². The highest BCUT2D eigenvalue weighted by molar-refractivity contribution is 5.15. The van der Waals surface area contributed by atoms with Crippen molar-refractivity contribution in [2.24, 2.45) is 29.1 Å². The molecule has 3 rings (SSSR count). The molecule has 1 nitrogen and oxygen atoms in total.